The molecule has 1 aromatic rings. The van der Waals surface area contributed by atoms with Crippen LogP contribution in [0.15, 0.2) is 23.2 Å². The van der Waals surface area contributed by atoms with Gasteiger partial charge < -0.3 is 29.2 Å². The zero-order valence-electron chi connectivity index (χ0n) is 19.5. The summed E-state index contributed by atoms with van der Waals surface area (Å²) in [4.78, 5) is 7.21. The van der Waals surface area contributed by atoms with Crippen LogP contribution in [0.2, 0.25) is 0 Å². The molecule has 7 nitrogen and oxygen atoms in total. The van der Waals surface area contributed by atoms with Crippen LogP contribution in [0.3, 0.4) is 0 Å². The standard InChI is InChI=1S/C23H39N3O4.HI/c1-5-24-23(26-14-11-20(12-15-26)30-17-7-16-27-2)25-13-6-8-19-9-10-21(28-3)22(18-19)29-4;/h9-10,18,20H,5-8,11-17H2,1-4H3,(H,24,25);1H. The summed E-state index contributed by atoms with van der Waals surface area (Å²) in [6, 6.07) is 6.10. The van der Waals surface area contributed by atoms with Gasteiger partial charge in [-0.2, -0.15) is 0 Å². The van der Waals surface area contributed by atoms with Gasteiger partial charge in [-0.15, -0.1) is 24.0 Å². The Morgan fingerprint density at radius 3 is 2.45 bits per heavy atom. The highest BCUT2D eigenvalue weighted by Crippen LogP contribution is 2.27. The maximum absolute atomic E-state index is 5.97. The van der Waals surface area contributed by atoms with Gasteiger partial charge in [0.15, 0.2) is 17.5 Å². The van der Waals surface area contributed by atoms with Gasteiger partial charge >= 0.3 is 0 Å². The summed E-state index contributed by atoms with van der Waals surface area (Å²) in [5.74, 6) is 2.56. The van der Waals surface area contributed by atoms with Crippen LogP contribution in [-0.4, -0.2) is 77.7 Å². The number of guanidine groups is 1. The quantitative estimate of drug-likeness (QED) is 0.186. The number of piperidine rings is 1. The third-order valence-electron chi connectivity index (χ3n) is 5.26. The summed E-state index contributed by atoms with van der Waals surface area (Å²) in [6.45, 7) is 7.30. The fraction of sp³-hybridized carbons (Fsp3) is 0.696. The molecule has 1 saturated heterocycles. The Kier molecular flexibility index (Phi) is 14.7. The molecule has 0 aliphatic carbocycles. The van der Waals surface area contributed by atoms with E-state index in [4.69, 9.17) is 23.9 Å². The van der Waals surface area contributed by atoms with Crippen molar-refractivity contribution in [3.8, 4) is 11.5 Å². The molecule has 1 aliphatic heterocycles. The van der Waals surface area contributed by atoms with Crippen molar-refractivity contribution in [2.45, 2.75) is 45.1 Å². The molecule has 0 spiro atoms. The summed E-state index contributed by atoms with van der Waals surface area (Å²) >= 11 is 0. The van der Waals surface area contributed by atoms with Crippen LogP contribution in [0.4, 0.5) is 0 Å². The topological polar surface area (TPSA) is 64.6 Å². The number of halogens is 1. The largest absolute Gasteiger partial charge is 0.493 e. The van der Waals surface area contributed by atoms with Gasteiger partial charge in [0, 0.05) is 46.5 Å². The number of aryl methyl sites for hydroxylation is 1. The van der Waals surface area contributed by atoms with Crippen molar-refractivity contribution in [1.29, 1.82) is 0 Å². The van der Waals surface area contributed by atoms with E-state index < -0.39 is 0 Å². The summed E-state index contributed by atoms with van der Waals surface area (Å²) in [5, 5.41) is 3.44. The monoisotopic (exact) mass is 549 g/mol. The predicted molar refractivity (Wildman–Crippen MR) is 136 cm³/mol. The van der Waals surface area contributed by atoms with Gasteiger partial charge in [-0.05, 0) is 56.7 Å². The molecule has 0 amide bonds. The first-order valence-electron chi connectivity index (χ1n) is 11.1. The Labute approximate surface area is 204 Å². The SMILES string of the molecule is CCNC(=NCCCc1ccc(OC)c(OC)c1)N1CCC(OCCCOC)CC1.I. The molecule has 31 heavy (non-hydrogen) atoms. The Hall–Kier alpha value is -1.26. The molecule has 0 radical (unpaired) electrons. The molecule has 0 bridgehead atoms. The zero-order chi connectivity index (χ0) is 21.6. The van der Waals surface area contributed by atoms with Crippen molar-refractivity contribution in [3.63, 3.8) is 0 Å². The fourth-order valence-corrected chi connectivity index (χ4v) is 3.62. The van der Waals surface area contributed by atoms with Gasteiger partial charge in [0.1, 0.15) is 0 Å². The number of hydrogen-bond donors (Lipinski definition) is 1. The lowest BCUT2D eigenvalue weighted by Gasteiger charge is -2.34. The van der Waals surface area contributed by atoms with Gasteiger partial charge in [-0.3, -0.25) is 4.99 Å². The number of nitrogens with one attached hydrogen (secondary N) is 1. The van der Waals surface area contributed by atoms with Crippen molar-refractivity contribution < 1.29 is 18.9 Å². The molecule has 1 heterocycles. The number of nitrogens with zero attached hydrogens (tertiary/aromatic N) is 2. The number of likely N-dealkylation sites (tertiary alicyclic amines) is 1. The molecule has 1 aliphatic rings. The molecule has 0 saturated carbocycles. The lowest BCUT2D eigenvalue weighted by molar-refractivity contribution is 0.00990. The van der Waals surface area contributed by atoms with E-state index in [1.165, 1.54) is 5.56 Å². The first kappa shape index (κ1) is 27.8. The molecule has 1 N–H and O–H groups in total. The number of aliphatic imine (C=N–C) groups is 1. The fourth-order valence-electron chi connectivity index (χ4n) is 3.62. The molecular weight excluding hydrogens is 509 g/mol. The molecule has 0 aromatic heterocycles. The van der Waals surface area contributed by atoms with E-state index in [9.17, 15) is 0 Å². The van der Waals surface area contributed by atoms with Crippen LogP contribution in [0.25, 0.3) is 0 Å². The maximum atomic E-state index is 5.97. The van der Waals surface area contributed by atoms with Gasteiger partial charge in [0.2, 0.25) is 0 Å². The number of rotatable bonds is 12. The summed E-state index contributed by atoms with van der Waals surface area (Å²) < 4.78 is 21.7. The van der Waals surface area contributed by atoms with Crippen LogP contribution in [-0.2, 0) is 15.9 Å². The average Bonchev–Trinajstić information content (AvgIpc) is 2.79. The second-order valence-corrected chi connectivity index (χ2v) is 7.43. The molecule has 1 aromatic carbocycles. The Morgan fingerprint density at radius 1 is 1.06 bits per heavy atom. The molecule has 178 valence electrons. The van der Waals surface area contributed by atoms with Crippen molar-refractivity contribution in [1.82, 2.24) is 10.2 Å². The Morgan fingerprint density at radius 2 is 1.81 bits per heavy atom. The van der Waals surface area contributed by atoms with Gasteiger partial charge in [-0.1, -0.05) is 6.07 Å². The van der Waals surface area contributed by atoms with Gasteiger partial charge in [0.25, 0.3) is 0 Å². The predicted octanol–water partition coefficient (Wildman–Crippen LogP) is 3.74. The van der Waals surface area contributed by atoms with Crippen LogP contribution in [0, 0.1) is 0 Å². The zero-order valence-corrected chi connectivity index (χ0v) is 21.9. The summed E-state index contributed by atoms with van der Waals surface area (Å²) in [6.07, 6.45) is 5.35. The van der Waals surface area contributed by atoms with Crippen LogP contribution in [0.5, 0.6) is 11.5 Å². The highest BCUT2D eigenvalue weighted by atomic mass is 127. The van der Waals surface area contributed by atoms with E-state index in [1.54, 1.807) is 21.3 Å². The smallest absolute Gasteiger partial charge is 0.193 e. The van der Waals surface area contributed by atoms with Crippen molar-refractivity contribution >= 4 is 29.9 Å². The van der Waals surface area contributed by atoms with Crippen molar-refractivity contribution in [2.75, 3.05) is 60.7 Å². The highest BCUT2D eigenvalue weighted by molar-refractivity contribution is 14.0. The normalized spacial score (nSPS) is 14.8. The molecule has 2 rings (SSSR count). The highest BCUT2D eigenvalue weighted by Gasteiger charge is 2.21. The van der Waals surface area contributed by atoms with Crippen LogP contribution in [0.1, 0.15) is 38.2 Å². The van der Waals surface area contributed by atoms with Crippen LogP contribution < -0.4 is 14.8 Å². The van der Waals surface area contributed by atoms with E-state index in [1.807, 2.05) is 12.1 Å². The summed E-state index contributed by atoms with van der Waals surface area (Å²) in [7, 11) is 5.06. The first-order chi connectivity index (χ1) is 14.7. The van der Waals surface area contributed by atoms with E-state index in [2.05, 4.69) is 23.2 Å². The van der Waals surface area contributed by atoms with Gasteiger partial charge in [-0.25, -0.2) is 0 Å². The Bertz CT molecular complexity index is 637. The van der Waals surface area contributed by atoms with E-state index >= 15 is 0 Å². The average molecular weight is 549 g/mol. The van der Waals surface area contributed by atoms with E-state index in [0.29, 0.717) is 6.10 Å². The second kappa shape index (κ2) is 16.4. The minimum Gasteiger partial charge on any atom is -0.493 e. The lowest BCUT2D eigenvalue weighted by Crippen LogP contribution is -2.47. The van der Waals surface area contributed by atoms with E-state index in [0.717, 1.165) is 89.0 Å². The number of methoxy groups -OCH3 is 3. The summed E-state index contributed by atoms with van der Waals surface area (Å²) in [5.41, 5.74) is 1.24. The third-order valence-corrected chi connectivity index (χ3v) is 5.26. The van der Waals surface area contributed by atoms with Gasteiger partial charge in [0.05, 0.1) is 20.3 Å². The minimum absolute atomic E-state index is 0. The first-order valence-corrected chi connectivity index (χ1v) is 11.1. The molecule has 8 heteroatoms. The number of benzene rings is 1. The van der Waals surface area contributed by atoms with E-state index in [-0.39, 0.29) is 24.0 Å². The minimum atomic E-state index is 0. The lowest BCUT2D eigenvalue weighted by atomic mass is 10.1. The molecule has 1 fully saturated rings. The number of hydrogen-bond acceptors (Lipinski definition) is 5. The molecule has 0 unspecified atom stereocenters. The van der Waals surface area contributed by atoms with Crippen molar-refractivity contribution in [2.24, 2.45) is 4.99 Å². The van der Waals surface area contributed by atoms with Crippen molar-refractivity contribution in [3.05, 3.63) is 23.8 Å². The Balaban J connectivity index is 0.00000480. The number of ether oxygens (including phenoxy) is 4. The second-order valence-electron chi connectivity index (χ2n) is 7.43. The van der Waals surface area contributed by atoms with Crippen LogP contribution >= 0.6 is 24.0 Å². The molecule has 0 atom stereocenters. The molecular formula is C23H40IN3O4. The maximum Gasteiger partial charge on any atom is 0.193 e. The third kappa shape index (κ3) is 9.82.